The van der Waals surface area contributed by atoms with Crippen LogP contribution in [0.15, 0.2) is 30.5 Å². The molecule has 1 aromatic carbocycles. The molecule has 116 valence electrons. The van der Waals surface area contributed by atoms with E-state index >= 15 is 0 Å². The van der Waals surface area contributed by atoms with Crippen molar-refractivity contribution in [3.8, 4) is 0 Å². The summed E-state index contributed by atoms with van der Waals surface area (Å²) in [6.07, 6.45) is 3.94. The van der Waals surface area contributed by atoms with Gasteiger partial charge in [-0.25, -0.2) is 4.39 Å². The van der Waals surface area contributed by atoms with Crippen LogP contribution in [0.1, 0.15) is 19.8 Å². The molecule has 0 unspecified atom stereocenters. The number of pyridine rings is 1. The molecule has 22 heavy (non-hydrogen) atoms. The molecule has 1 aliphatic heterocycles. The van der Waals surface area contributed by atoms with Crippen molar-refractivity contribution >= 4 is 22.5 Å². The Morgan fingerprint density at radius 2 is 2.32 bits per heavy atom. The number of carbonyl (C=O) groups excluding carboxylic acids is 1. The molecule has 5 heteroatoms. The maximum atomic E-state index is 13.4. The number of anilines is 1. The van der Waals surface area contributed by atoms with E-state index in [0.717, 1.165) is 37.0 Å². The Morgan fingerprint density at radius 3 is 3.14 bits per heavy atom. The van der Waals surface area contributed by atoms with Crippen molar-refractivity contribution in [1.82, 2.24) is 10.3 Å². The van der Waals surface area contributed by atoms with E-state index in [4.69, 9.17) is 0 Å². The summed E-state index contributed by atoms with van der Waals surface area (Å²) < 4.78 is 13.4. The molecule has 2 aromatic rings. The first kappa shape index (κ1) is 14.8. The van der Waals surface area contributed by atoms with E-state index in [2.05, 4.69) is 15.2 Å². The van der Waals surface area contributed by atoms with E-state index in [-0.39, 0.29) is 11.7 Å². The summed E-state index contributed by atoms with van der Waals surface area (Å²) in [5.74, 6) is 0.197. The number of piperidine rings is 1. The van der Waals surface area contributed by atoms with Gasteiger partial charge in [0.15, 0.2) is 0 Å². The molecule has 0 spiro atoms. The summed E-state index contributed by atoms with van der Waals surface area (Å²) in [4.78, 5) is 17.6. The molecular formula is C17H20FN3O. The summed E-state index contributed by atoms with van der Waals surface area (Å²) in [6, 6.07) is 6.73. The molecule has 1 fully saturated rings. The van der Waals surface area contributed by atoms with Gasteiger partial charge < -0.3 is 10.2 Å². The molecule has 0 bridgehead atoms. The molecule has 2 heterocycles. The topological polar surface area (TPSA) is 45.2 Å². The average molecular weight is 301 g/mol. The van der Waals surface area contributed by atoms with Gasteiger partial charge in [-0.1, -0.05) is 0 Å². The summed E-state index contributed by atoms with van der Waals surface area (Å²) >= 11 is 0. The van der Waals surface area contributed by atoms with Crippen molar-refractivity contribution < 1.29 is 9.18 Å². The molecule has 1 amide bonds. The zero-order valence-corrected chi connectivity index (χ0v) is 12.7. The van der Waals surface area contributed by atoms with Gasteiger partial charge in [0.25, 0.3) is 0 Å². The van der Waals surface area contributed by atoms with Crippen molar-refractivity contribution in [1.29, 1.82) is 0 Å². The number of halogens is 1. The van der Waals surface area contributed by atoms with Crippen LogP contribution in [-0.2, 0) is 4.79 Å². The highest BCUT2D eigenvalue weighted by molar-refractivity contribution is 5.91. The molecule has 1 saturated heterocycles. The van der Waals surface area contributed by atoms with Crippen molar-refractivity contribution in [3.05, 3.63) is 36.3 Å². The van der Waals surface area contributed by atoms with Gasteiger partial charge in [0.1, 0.15) is 5.82 Å². The maximum absolute atomic E-state index is 13.4. The SMILES string of the molecule is CC(=O)NC[C@H]1CCCN(c2ccnc3cc(F)ccc23)C1. The Labute approximate surface area is 129 Å². The van der Waals surface area contributed by atoms with Gasteiger partial charge in [0, 0.05) is 49.9 Å². The molecular weight excluding hydrogens is 281 g/mol. The van der Waals surface area contributed by atoms with E-state index < -0.39 is 0 Å². The number of hydrogen-bond acceptors (Lipinski definition) is 3. The normalized spacial score (nSPS) is 18.5. The third-order valence-electron chi connectivity index (χ3n) is 4.18. The fraction of sp³-hybridized carbons (Fsp3) is 0.412. The molecule has 0 radical (unpaired) electrons. The van der Waals surface area contributed by atoms with Gasteiger partial charge in [-0.15, -0.1) is 0 Å². The molecule has 4 nitrogen and oxygen atoms in total. The molecule has 1 aliphatic rings. The Kier molecular flexibility index (Phi) is 4.22. The van der Waals surface area contributed by atoms with Gasteiger partial charge in [-0.3, -0.25) is 9.78 Å². The fourth-order valence-corrected chi connectivity index (χ4v) is 3.12. The number of fused-ring (bicyclic) bond motifs is 1. The summed E-state index contributed by atoms with van der Waals surface area (Å²) in [5.41, 5.74) is 1.78. The molecule has 1 atom stereocenters. The van der Waals surface area contributed by atoms with Crippen LogP contribution >= 0.6 is 0 Å². The number of amides is 1. The van der Waals surface area contributed by atoms with Crippen molar-refractivity contribution in [2.24, 2.45) is 5.92 Å². The molecule has 0 saturated carbocycles. The van der Waals surface area contributed by atoms with E-state index in [9.17, 15) is 9.18 Å². The first-order chi connectivity index (χ1) is 10.6. The Bertz CT molecular complexity index is 689. The minimum Gasteiger partial charge on any atom is -0.371 e. The van der Waals surface area contributed by atoms with Crippen LogP contribution in [-0.4, -0.2) is 30.5 Å². The number of carbonyl (C=O) groups is 1. The van der Waals surface area contributed by atoms with Gasteiger partial charge in [0.2, 0.25) is 5.91 Å². The predicted octanol–water partition coefficient (Wildman–Crippen LogP) is 2.73. The lowest BCUT2D eigenvalue weighted by Gasteiger charge is -2.35. The molecule has 1 N–H and O–H groups in total. The van der Waals surface area contributed by atoms with Crippen LogP contribution in [0.2, 0.25) is 0 Å². The highest BCUT2D eigenvalue weighted by Gasteiger charge is 2.21. The van der Waals surface area contributed by atoms with Gasteiger partial charge >= 0.3 is 0 Å². The van der Waals surface area contributed by atoms with Gasteiger partial charge in [-0.2, -0.15) is 0 Å². The standard InChI is InChI=1S/C17H20FN3O/c1-12(22)20-10-13-3-2-8-21(11-13)17-6-7-19-16-9-14(18)4-5-15(16)17/h4-7,9,13H,2-3,8,10-11H2,1H3,(H,20,22)/t13-/m1/s1. The second kappa shape index (κ2) is 6.30. The monoisotopic (exact) mass is 301 g/mol. The van der Waals surface area contributed by atoms with E-state index in [1.807, 2.05) is 6.07 Å². The van der Waals surface area contributed by atoms with Crippen LogP contribution in [0.3, 0.4) is 0 Å². The highest BCUT2D eigenvalue weighted by atomic mass is 19.1. The molecule has 1 aromatic heterocycles. The second-order valence-corrected chi connectivity index (χ2v) is 5.88. The fourth-order valence-electron chi connectivity index (χ4n) is 3.12. The van der Waals surface area contributed by atoms with Crippen LogP contribution in [0.25, 0.3) is 10.9 Å². The van der Waals surface area contributed by atoms with E-state index in [1.54, 1.807) is 19.2 Å². The first-order valence-corrected chi connectivity index (χ1v) is 7.67. The van der Waals surface area contributed by atoms with Crippen molar-refractivity contribution in [2.45, 2.75) is 19.8 Å². The number of benzene rings is 1. The summed E-state index contributed by atoms with van der Waals surface area (Å²) in [5, 5.41) is 3.88. The lowest BCUT2D eigenvalue weighted by atomic mass is 9.97. The van der Waals surface area contributed by atoms with Crippen LogP contribution in [0, 0.1) is 11.7 Å². The molecule has 3 rings (SSSR count). The zero-order valence-electron chi connectivity index (χ0n) is 12.7. The van der Waals surface area contributed by atoms with Crippen molar-refractivity contribution in [2.75, 3.05) is 24.5 Å². The van der Waals surface area contributed by atoms with Crippen molar-refractivity contribution in [3.63, 3.8) is 0 Å². The van der Waals surface area contributed by atoms with Gasteiger partial charge in [0.05, 0.1) is 5.52 Å². The Morgan fingerprint density at radius 1 is 1.45 bits per heavy atom. The third kappa shape index (κ3) is 3.18. The average Bonchev–Trinajstić information content (AvgIpc) is 2.52. The third-order valence-corrected chi connectivity index (χ3v) is 4.18. The molecule has 0 aliphatic carbocycles. The number of rotatable bonds is 3. The van der Waals surface area contributed by atoms with Crippen LogP contribution in [0.5, 0.6) is 0 Å². The number of aromatic nitrogens is 1. The van der Waals surface area contributed by atoms with E-state index in [0.29, 0.717) is 18.0 Å². The summed E-state index contributed by atoms with van der Waals surface area (Å²) in [7, 11) is 0. The Hall–Kier alpha value is -2.17. The van der Waals surface area contributed by atoms with Crippen LogP contribution < -0.4 is 10.2 Å². The number of nitrogens with zero attached hydrogens (tertiary/aromatic N) is 2. The first-order valence-electron chi connectivity index (χ1n) is 7.67. The van der Waals surface area contributed by atoms with Crippen LogP contribution in [0.4, 0.5) is 10.1 Å². The lowest BCUT2D eigenvalue weighted by Crippen LogP contribution is -2.40. The minimum atomic E-state index is -0.265. The quantitative estimate of drug-likeness (QED) is 0.948. The lowest BCUT2D eigenvalue weighted by molar-refractivity contribution is -0.119. The minimum absolute atomic E-state index is 0.0157. The maximum Gasteiger partial charge on any atom is 0.216 e. The highest BCUT2D eigenvalue weighted by Crippen LogP contribution is 2.29. The van der Waals surface area contributed by atoms with E-state index in [1.165, 1.54) is 12.1 Å². The Balaban J connectivity index is 1.82. The predicted molar refractivity (Wildman–Crippen MR) is 85.3 cm³/mol. The smallest absolute Gasteiger partial charge is 0.216 e. The largest absolute Gasteiger partial charge is 0.371 e. The number of hydrogen-bond donors (Lipinski definition) is 1. The second-order valence-electron chi connectivity index (χ2n) is 5.88. The number of nitrogens with one attached hydrogen (secondary N) is 1. The summed E-state index contributed by atoms with van der Waals surface area (Å²) in [6.45, 7) is 4.14. The van der Waals surface area contributed by atoms with Gasteiger partial charge in [-0.05, 0) is 37.0 Å². The zero-order chi connectivity index (χ0) is 15.5.